The lowest BCUT2D eigenvalue weighted by atomic mass is 9.54. The molecule has 2 aliphatic rings. The van der Waals surface area contributed by atoms with E-state index in [9.17, 15) is 24.6 Å². The van der Waals surface area contributed by atoms with E-state index in [1.54, 1.807) is 19.1 Å². The van der Waals surface area contributed by atoms with E-state index in [4.69, 9.17) is 0 Å². The Morgan fingerprint density at radius 2 is 1.89 bits per heavy atom. The van der Waals surface area contributed by atoms with Crippen LogP contribution >= 0.6 is 0 Å². The monoisotopic (exact) mass is 475 g/mol. The van der Waals surface area contributed by atoms with Crippen molar-refractivity contribution >= 4 is 17.5 Å². The Kier molecular flexibility index (Phi) is 6.20. The number of carboxylic acid groups (broad SMARTS) is 1. The van der Waals surface area contributed by atoms with Crippen molar-refractivity contribution in [1.82, 2.24) is 4.98 Å². The quantitative estimate of drug-likeness (QED) is 0.460. The number of hydrogen-bond donors (Lipinski definition) is 2. The number of benzene rings is 1. The second kappa shape index (κ2) is 8.74. The number of aromatic nitrogens is 1. The van der Waals surface area contributed by atoms with Gasteiger partial charge < -0.3 is 10.2 Å². The van der Waals surface area contributed by atoms with Gasteiger partial charge in [0.2, 0.25) is 0 Å². The van der Waals surface area contributed by atoms with Crippen LogP contribution in [0.4, 0.5) is 0 Å². The summed E-state index contributed by atoms with van der Waals surface area (Å²) in [6, 6.07) is 5.23. The van der Waals surface area contributed by atoms with Gasteiger partial charge in [0.1, 0.15) is 5.75 Å². The lowest BCUT2D eigenvalue weighted by molar-refractivity contribution is -0.158. The van der Waals surface area contributed by atoms with Gasteiger partial charge in [-0.1, -0.05) is 44.5 Å². The summed E-state index contributed by atoms with van der Waals surface area (Å²) in [5.41, 5.74) is 1.09. The molecule has 1 fully saturated rings. The van der Waals surface area contributed by atoms with Crippen LogP contribution in [0.25, 0.3) is 0 Å². The Hall–Kier alpha value is -3.28. The standard InChI is InChI=1S/C29H33NO5/c1-6-19-25(32)23-21(16(3)30-19)24(31)18-11-8-10-17(22(18)26(23)33)12-13-20-28(4,7-2)14-9-15-29(20,5)27(34)35/h7-8,10-11,20,32H,2,6,9,12-15H2,1,3-5H3,(H,34,35)/t20?,28-,29+/m0/s1. The highest BCUT2D eigenvalue weighted by Crippen LogP contribution is 2.54. The van der Waals surface area contributed by atoms with Crippen molar-refractivity contribution < 1.29 is 24.6 Å². The first-order valence-electron chi connectivity index (χ1n) is 12.3. The number of ketones is 2. The van der Waals surface area contributed by atoms with E-state index in [0.717, 1.165) is 12.8 Å². The van der Waals surface area contributed by atoms with Crippen LogP contribution in [0, 0.1) is 23.7 Å². The topological polar surface area (TPSA) is 105 Å². The van der Waals surface area contributed by atoms with E-state index in [2.05, 4.69) is 18.5 Å². The molecule has 0 spiro atoms. The Bertz CT molecular complexity index is 1260. The van der Waals surface area contributed by atoms with E-state index in [1.807, 2.05) is 26.0 Å². The zero-order chi connectivity index (χ0) is 25.7. The molecule has 6 heteroatoms. The zero-order valence-corrected chi connectivity index (χ0v) is 20.9. The minimum Gasteiger partial charge on any atom is -0.505 e. The number of pyridine rings is 1. The molecule has 1 aromatic heterocycles. The molecule has 0 amide bonds. The molecule has 2 N–H and O–H groups in total. The highest BCUT2D eigenvalue weighted by atomic mass is 16.4. The number of aliphatic carboxylic acids is 1. The summed E-state index contributed by atoms with van der Waals surface area (Å²) in [4.78, 5) is 43.8. The highest BCUT2D eigenvalue weighted by molar-refractivity contribution is 6.30. The molecule has 4 rings (SSSR count). The van der Waals surface area contributed by atoms with E-state index in [1.165, 1.54) is 0 Å². The van der Waals surface area contributed by atoms with E-state index in [0.29, 0.717) is 53.8 Å². The fourth-order valence-corrected chi connectivity index (χ4v) is 6.39. The number of carbonyl (C=O) groups excluding carboxylic acids is 2. The number of fused-ring (bicyclic) bond motifs is 2. The number of allylic oxidation sites excluding steroid dienone is 1. The van der Waals surface area contributed by atoms with Gasteiger partial charge in [-0.3, -0.25) is 19.4 Å². The van der Waals surface area contributed by atoms with Gasteiger partial charge >= 0.3 is 5.97 Å². The zero-order valence-electron chi connectivity index (χ0n) is 20.9. The third-order valence-corrected chi connectivity index (χ3v) is 8.47. The molecule has 1 saturated carbocycles. The highest BCUT2D eigenvalue weighted by Gasteiger charge is 2.51. The maximum Gasteiger partial charge on any atom is 0.309 e. The Morgan fingerprint density at radius 3 is 2.51 bits per heavy atom. The summed E-state index contributed by atoms with van der Waals surface area (Å²) >= 11 is 0. The normalized spacial score (nSPS) is 25.7. The second-order valence-electron chi connectivity index (χ2n) is 10.5. The Labute approximate surface area is 206 Å². The van der Waals surface area contributed by atoms with Gasteiger partial charge in [-0.25, -0.2) is 0 Å². The van der Waals surface area contributed by atoms with Gasteiger partial charge in [0.15, 0.2) is 11.6 Å². The third-order valence-electron chi connectivity index (χ3n) is 8.47. The van der Waals surface area contributed by atoms with Gasteiger partial charge in [0, 0.05) is 16.8 Å². The van der Waals surface area contributed by atoms with Crippen LogP contribution in [0.15, 0.2) is 30.9 Å². The minimum absolute atomic E-state index is 0.0308. The molecule has 184 valence electrons. The van der Waals surface area contributed by atoms with Crippen molar-refractivity contribution in [2.24, 2.45) is 16.7 Å². The predicted octanol–water partition coefficient (Wildman–Crippen LogP) is 5.45. The molecule has 1 aromatic carbocycles. The Balaban J connectivity index is 1.78. The average molecular weight is 476 g/mol. The van der Waals surface area contributed by atoms with Crippen LogP contribution < -0.4 is 0 Å². The van der Waals surface area contributed by atoms with Crippen LogP contribution in [0.1, 0.15) is 95.2 Å². The van der Waals surface area contributed by atoms with Crippen molar-refractivity contribution in [3.63, 3.8) is 0 Å². The fraction of sp³-hybridized carbons (Fsp3) is 0.448. The molecule has 1 heterocycles. The van der Waals surface area contributed by atoms with Crippen molar-refractivity contribution in [1.29, 1.82) is 0 Å². The molecule has 2 aromatic rings. The van der Waals surface area contributed by atoms with Gasteiger partial charge in [-0.2, -0.15) is 0 Å². The van der Waals surface area contributed by atoms with Crippen molar-refractivity contribution in [3.05, 3.63) is 70.1 Å². The third kappa shape index (κ3) is 3.70. The molecule has 0 radical (unpaired) electrons. The summed E-state index contributed by atoms with van der Waals surface area (Å²) in [7, 11) is 0. The van der Waals surface area contributed by atoms with Crippen LogP contribution in [-0.4, -0.2) is 32.7 Å². The smallest absolute Gasteiger partial charge is 0.309 e. The summed E-state index contributed by atoms with van der Waals surface area (Å²) in [6.45, 7) is 11.4. The number of nitrogens with zero attached hydrogens (tertiary/aromatic N) is 1. The molecule has 1 unspecified atom stereocenters. The summed E-state index contributed by atoms with van der Waals surface area (Å²) < 4.78 is 0. The van der Waals surface area contributed by atoms with Crippen LogP contribution in [0.5, 0.6) is 5.75 Å². The van der Waals surface area contributed by atoms with E-state index in [-0.39, 0.29) is 39.8 Å². The van der Waals surface area contributed by atoms with Crippen molar-refractivity contribution in [2.75, 3.05) is 0 Å². The maximum absolute atomic E-state index is 13.7. The predicted molar refractivity (Wildman–Crippen MR) is 133 cm³/mol. The summed E-state index contributed by atoms with van der Waals surface area (Å²) in [6.07, 6.45) is 5.57. The number of carboxylic acids is 1. The molecule has 0 bridgehead atoms. The van der Waals surface area contributed by atoms with Gasteiger partial charge in [0.05, 0.1) is 22.2 Å². The first-order chi connectivity index (χ1) is 16.5. The molecule has 0 saturated heterocycles. The molecular weight excluding hydrogens is 442 g/mol. The second-order valence-corrected chi connectivity index (χ2v) is 10.5. The summed E-state index contributed by atoms with van der Waals surface area (Å²) in [5.74, 6) is -1.91. The lowest BCUT2D eigenvalue weighted by Crippen LogP contribution is -2.47. The number of carbonyl (C=O) groups is 3. The molecule has 2 aliphatic carbocycles. The largest absolute Gasteiger partial charge is 0.505 e. The SMILES string of the molecule is C=C[C@@]1(C)CCC[C@@](C)(C(=O)O)C1CCc1cccc2c1C(=O)c1c(O)c(CC)nc(C)c1C2=O. The minimum atomic E-state index is -0.903. The summed E-state index contributed by atoms with van der Waals surface area (Å²) in [5, 5.41) is 20.9. The fourth-order valence-electron chi connectivity index (χ4n) is 6.39. The van der Waals surface area contributed by atoms with Crippen molar-refractivity contribution in [3.8, 4) is 5.75 Å². The van der Waals surface area contributed by atoms with Crippen LogP contribution in [0.2, 0.25) is 0 Å². The number of rotatable bonds is 6. The van der Waals surface area contributed by atoms with Crippen molar-refractivity contribution in [2.45, 2.75) is 66.2 Å². The van der Waals surface area contributed by atoms with Gasteiger partial charge in [-0.15, -0.1) is 6.58 Å². The molecular formula is C29H33NO5. The van der Waals surface area contributed by atoms with Gasteiger partial charge in [0.25, 0.3) is 0 Å². The molecule has 3 atom stereocenters. The first-order valence-corrected chi connectivity index (χ1v) is 12.3. The van der Waals surface area contributed by atoms with E-state index >= 15 is 0 Å². The molecule has 0 aliphatic heterocycles. The number of aryl methyl sites for hydroxylation is 3. The lowest BCUT2D eigenvalue weighted by Gasteiger charge is -2.49. The molecule has 6 nitrogen and oxygen atoms in total. The van der Waals surface area contributed by atoms with Crippen LogP contribution in [0.3, 0.4) is 0 Å². The van der Waals surface area contributed by atoms with Gasteiger partial charge in [-0.05, 0) is 62.8 Å². The molecule has 35 heavy (non-hydrogen) atoms. The number of hydrogen-bond acceptors (Lipinski definition) is 5. The Morgan fingerprint density at radius 1 is 1.17 bits per heavy atom. The number of aromatic hydroxyl groups is 1. The first kappa shape index (κ1) is 24.8. The average Bonchev–Trinajstić information content (AvgIpc) is 2.83. The van der Waals surface area contributed by atoms with Crippen LogP contribution in [-0.2, 0) is 17.6 Å². The van der Waals surface area contributed by atoms with E-state index < -0.39 is 11.4 Å². The maximum atomic E-state index is 13.7.